The molecule has 0 aliphatic heterocycles. The van der Waals surface area contributed by atoms with E-state index in [4.69, 9.17) is 11.1 Å². The molecule has 0 aliphatic carbocycles. The van der Waals surface area contributed by atoms with Gasteiger partial charge in [0, 0.05) is 48.2 Å². The third kappa shape index (κ3) is 17.9. The summed E-state index contributed by atoms with van der Waals surface area (Å²) in [4.78, 5) is 31.6. The summed E-state index contributed by atoms with van der Waals surface area (Å²) in [6.45, 7) is 2.17. The third-order valence-corrected chi connectivity index (χ3v) is 5.68. The van der Waals surface area contributed by atoms with Gasteiger partial charge in [0.25, 0.3) is 0 Å². The Bertz CT molecular complexity index is 659. The van der Waals surface area contributed by atoms with E-state index >= 15 is 0 Å². The highest BCUT2D eigenvalue weighted by Crippen LogP contribution is 2.11. The van der Waals surface area contributed by atoms with Crippen molar-refractivity contribution in [2.45, 2.75) is 83.6 Å². The molecule has 33 heavy (non-hydrogen) atoms. The molecule has 13 heteroatoms. The van der Waals surface area contributed by atoms with E-state index in [1.807, 2.05) is 0 Å². The molecule has 0 spiro atoms. The van der Waals surface area contributed by atoms with Crippen LogP contribution in [0.5, 0.6) is 0 Å². The fourth-order valence-corrected chi connectivity index (χ4v) is 3.82. The number of hydrogen-bond donors (Lipinski definition) is 1. The molecule has 0 radical (unpaired) electrons. The van der Waals surface area contributed by atoms with Gasteiger partial charge in [0.2, 0.25) is 11.8 Å². The zero-order valence-corrected chi connectivity index (χ0v) is 20.4. The van der Waals surface area contributed by atoms with Crippen LogP contribution in [0.4, 0.5) is 0 Å². The first-order valence-corrected chi connectivity index (χ1v) is 12.9. The van der Waals surface area contributed by atoms with Gasteiger partial charge in [0.05, 0.1) is 0 Å². The van der Waals surface area contributed by atoms with Gasteiger partial charge in [0.15, 0.2) is 0 Å². The summed E-state index contributed by atoms with van der Waals surface area (Å²) in [5, 5.41) is 9.24. The van der Waals surface area contributed by atoms with Gasteiger partial charge in [-0.2, -0.15) is 0 Å². The predicted octanol–water partition coefficient (Wildman–Crippen LogP) is 4.11. The molecule has 1 unspecified atom stereocenters. The molecule has 0 aromatic heterocycles. The van der Waals surface area contributed by atoms with Gasteiger partial charge < -0.3 is 14.8 Å². The molecular weight excluding hydrogens is 448 g/mol. The van der Waals surface area contributed by atoms with Crippen molar-refractivity contribution < 1.29 is 18.4 Å². The Balaban J connectivity index is 4.55. The molecule has 2 amide bonds. The molecule has 1 N–H and O–H groups in total. The van der Waals surface area contributed by atoms with E-state index in [1.54, 1.807) is 0 Å². The zero-order chi connectivity index (χ0) is 24.7. The second-order valence-electron chi connectivity index (χ2n) is 7.76. The summed E-state index contributed by atoms with van der Waals surface area (Å²) in [6, 6.07) is -1.25. The minimum absolute atomic E-state index is 0.0140. The Kier molecular flexibility index (Phi) is 20.0. The van der Waals surface area contributed by atoms with E-state index < -0.39 is 28.8 Å². The summed E-state index contributed by atoms with van der Waals surface area (Å²) < 4.78 is 22.5. The van der Waals surface area contributed by atoms with Crippen LogP contribution in [-0.4, -0.2) is 63.4 Å². The molecule has 188 valence electrons. The maximum Gasteiger partial charge on any atom is 0.246 e. The number of azide groups is 2. The average molecular weight is 486 g/mol. The molecule has 2 atom stereocenters. The van der Waals surface area contributed by atoms with Gasteiger partial charge in [-0.15, -0.1) is 0 Å². The third-order valence-electron chi connectivity index (χ3n) is 5.07. The topological polar surface area (TPSA) is 187 Å². The first-order chi connectivity index (χ1) is 16.0. The second-order valence-corrected chi connectivity index (χ2v) is 8.70. The Hall–Kier alpha value is -2.33. The predicted molar refractivity (Wildman–Crippen MR) is 127 cm³/mol. The van der Waals surface area contributed by atoms with Crippen molar-refractivity contribution in [2.24, 2.45) is 10.2 Å². The van der Waals surface area contributed by atoms with Crippen LogP contribution in [-0.2, 0) is 20.7 Å². The number of unbranched alkanes of at least 4 members (excludes halogenated alkanes) is 9. The summed E-state index contributed by atoms with van der Waals surface area (Å²) in [6.07, 6.45) is 11.5. The summed E-state index contributed by atoms with van der Waals surface area (Å²) in [5.74, 6) is -1.58. The van der Waals surface area contributed by atoms with Gasteiger partial charge in [-0.3, -0.25) is 13.8 Å². The number of nitrogens with one attached hydrogen (secondary N) is 1. The fourth-order valence-electron chi connectivity index (χ4n) is 3.32. The molecular formula is C20H37N8O4S-. The summed E-state index contributed by atoms with van der Waals surface area (Å²) >= 11 is -2.55. The maximum absolute atomic E-state index is 12.8. The Morgan fingerprint density at radius 1 is 0.939 bits per heavy atom. The molecule has 0 rings (SSSR count). The monoisotopic (exact) mass is 485 g/mol. The van der Waals surface area contributed by atoms with Gasteiger partial charge in [-0.05, 0) is 17.5 Å². The van der Waals surface area contributed by atoms with Gasteiger partial charge in [-0.25, -0.2) is 0 Å². The highest BCUT2D eigenvalue weighted by atomic mass is 32.2. The second kappa shape index (κ2) is 21.5. The number of hydrogen-bond acceptors (Lipinski definition) is 6. The molecule has 0 saturated carbocycles. The van der Waals surface area contributed by atoms with Gasteiger partial charge in [-0.1, -0.05) is 86.0 Å². The number of carbonyl (C=O) groups excluding carboxylic acids is 2. The number of carbonyl (C=O) groups is 2. The minimum atomic E-state index is -2.55. The van der Waals surface area contributed by atoms with Crippen molar-refractivity contribution in [3.8, 4) is 0 Å². The van der Waals surface area contributed by atoms with Crippen molar-refractivity contribution in [2.75, 3.05) is 31.9 Å². The van der Waals surface area contributed by atoms with Gasteiger partial charge >= 0.3 is 0 Å². The fraction of sp³-hybridized carbons (Fsp3) is 0.900. The zero-order valence-electron chi connectivity index (χ0n) is 19.6. The Morgan fingerprint density at radius 3 is 1.88 bits per heavy atom. The highest BCUT2D eigenvalue weighted by Gasteiger charge is 2.25. The van der Waals surface area contributed by atoms with E-state index in [9.17, 15) is 18.4 Å². The molecule has 0 fully saturated rings. The normalized spacial score (nSPS) is 12.2. The SMILES string of the molecule is CCCCCCCCCCCCC(=O)N[C@H](CS(=O)[O-])C(=O)N(CCN=[N+]=[N-])CCN=[N+]=[N-]. The van der Waals surface area contributed by atoms with Crippen LogP contribution >= 0.6 is 0 Å². The number of rotatable bonds is 21. The van der Waals surface area contributed by atoms with Crippen LogP contribution in [0.3, 0.4) is 0 Å². The molecule has 12 nitrogen and oxygen atoms in total. The van der Waals surface area contributed by atoms with Gasteiger partial charge in [0.1, 0.15) is 6.04 Å². The summed E-state index contributed by atoms with van der Waals surface area (Å²) in [5.41, 5.74) is 16.8. The first-order valence-electron chi connectivity index (χ1n) is 11.6. The van der Waals surface area contributed by atoms with Crippen LogP contribution in [0.25, 0.3) is 20.9 Å². The summed E-state index contributed by atoms with van der Waals surface area (Å²) in [7, 11) is 0. The van der Waals surface area contributed by atoms with Crippen LogP contribution < -0.4 is 5.32 Å². The van der Waals surface area contributed by atoms with E-state index in [2.05, 4.69) is 32.3 Å². The molecule has 0 heterocycles. The Morgan fingerprint density at radius 2 is 1.42 bits per heavy atom. The van der Waals surface area contributed by atoms with Crippen molar-refractivity contribution in [3.05, 3.63) is 20.9 Å². The lowest BCUT2D eigenvalue weighted by Crippen LogP contribution is -2.52. The average Bonchev–Trinajstić information content (AvgIpc) is 2.78. The van der Waals surface area contributed by atoms with E-state index in [1.165, 1.54) is 43.4 Å². The number of nitrogens with zero attached hydrogens (tertiary/aromatic N) is 7. The quantitative estimate of drug-likeness (QED) is 0.0842. The van der Waals surface area contributed by atoms with Crippen LogP contribution in [0.2, 0.25) is 0 Å². The Labute approximate surface area is 198 Å². The van der Waals surface area contributed by atoms with E-state index in [-0.39, 0.29) is 38.5 Å². The van der Waals surface area contributed by atoms with Crippen LogP contribution in [0.15, 0.2) is 10.2 Å². The lowest BCUT2D eigenvalue weighted by Gasteiger charge is -2.27. The van der Waals surface area contributed by atoms with Crippen molar-refractivity contribution in [3.63, 3.8) is 0 Å². The van der Waals surface area contributed by atoms with Crippen molar-refractivity contribution in [1.82, 2.24) is 10.2 Å². The first kappa shape index (κ1) is 30.7. The largest absolute Gasteiger partial charge is 0.772 e. The van der Waals surface area contributed by atoms with Crippen molar-refractivity contribution >= 4 is 22.9 Å². The molecule has 0 bridgehead atoms. The molecule has 0 saturated heterocycles. The van der Waals surface area contributed by atoms with E-state index in [0.717, 1.165) is 19.3 Å². The maximum atomic E-state index is 12.8. The van der Waals surface area contributed by atoms with Crippen molar-refractivity contribution in [1.29, 1.82) is 0 Å². The van der Waals surface area contributed by atoms with Crippen LogP contribution in [0, 0.1) is 0 Å². The minimum Gasteiger partial charge on any atom is -0.772 e. The van der Waals surface area contributed by atoms with Crippen LogP contribution in [0.1, 0.15) is 77.6 Å². The molecule has 0 aromatic carbocycles. The molecule has 0 aromatic rings. The number of amides is 2. The lowest BCUT2D eigenvalue weighted by atomic mass is 10.1. The van der Waals surface area contributed by atoms with E-state index in [0.29, 0.717) is 6.42 Å². The highest BCUT2D eigenvalue weighted by molar-refractivity contribution is 7.79. The standard InChI is InChI=1S/C20H38N8O4S/c1-2-3-4-5-6-7-8-9-10-11-12-19(29)25-18(17-33(31)32)20(30)28(15-13-23-26-21)16-14-24-27-22/h18H,2-17H2,1H3,(H,25,29)(H,31,32)/p-1/t18-/m1/s1. The lowest BCUT2D eigenvalue weighted by molar-refractivity contribution is -0.135. The molecule has 0 aliphatic rings. The smallest absolute Gasteiger partial charge is 0.246 e.